The van der Waals surface area contributed by atoms with E-state index >= 15 is 0 Å². The van der Waals surface area contributed by atoms with Crippen LogP contribution in [0.1, 0.15) is 34.5 Å². The Morgan fingerprint density at radius 1 is 1.35 bits per heavy atom. The SMILES string of the molecule is CCc1ccc(OCc2nc(C(=O)O)c(C)n2C)cc1. The van der Waals surface area contributed by atoms with Gasteiger partial charge in [0.2, 0.25) is 0 Å². The number of aryl methyl sites for hydroxylation is 1. The number of ether oxygens (including phenoxy) is 1. The van der Waals surface area contributed by atoms with Gasteiger partial charge in [-0.1, -0.05) is 19.1 Å². The second-order valence-corrected chi connectivity index (χ2v) is 4.61. The second-order valence-electron chi connectivity index (χ2n) is 4.61. The maximum atomic E-state index is 11.0. The molecule has 0 aliphatic heterocycles. The van der Waals surface area contributed by atoms with Gasteiger partial charge in [0.05, 0.1) is 0 Å². The van der Waals surface area contributed by atoms with Crippen molar-refractivity contribution in [1.29, 1.82) is 0 Å². The van der Waals surface area contributed by atoms with Crippen LogP contribution in [0.3, 0.4) is 0 Å². The Kier molecular flexibility index (Phi) is 4.08. The van der Waals surface area contributed by atoms with Crippen LogP contribution in [0, 0.1) is 6.92 Å². The highest BCUT2D eigenvalue weighted by molar-refractivity contribution is 5.86. The zero-order chi connectivity index (χ0) is 14.7. The van der Waals surface area contributed by atoms with Crippen molar-refractivity contribution < 1.29 is 14.6 Å². The lowest BCUT2D eigenvalue weighted by atomic mass is 10.2. The summed E-state index contributed by atoms with van der Waals surface area (Å²) in [6.07, 6.45) is 0.987. The van der Waals surface area contributed by atoms with E-state index in [1.165, 1.54) is 5.56 Å². The maximum Gasteiger partial charge on any atom is 0.356 e. The number of rotatable bonds is 5. The number of carboxylic acids is 1. The smallest absolute Gasteiger partial charge is 0.356 e. The molecule has 0 unspecified atom stereocenters. The largest absolute Gasteiger partial charge is 0.486 e. The minimum absolute atomic E-state index is 0.0763. The number of aromatic carboxylic acids is 1. The van der Waals surface area contributed by atoms with E-state index in [0.717, 1.165) is 12.2 Å². The van der Waals surface area contributed by atoms with E-state index in [-0.39, 0.29) is 12.3 Å². The fraction of sp³-hybridized carbons (Fsp3) is 0.333. The zero-order valence-corrected chi connectivity index (χ0v) is 11.9. The second kappa shape index (κ2) is 5.77. The van der Waals surface area contributed by atoms with Crippen LogP contribution in [0.25, 0.3) is 0 Å². The summed E-state index contributed by atoms with van der Waals surface area (Å²) in [5.74, 6) is 0.329. The van der Waals surface area contributed by atoms with Crippen molar-refractivity contribution in [2.75, 3.05) is 0 Å². The third-order valence-electron chi connectivity index (χ3n) is 3.38. The Bertz CT molecular complexity index is 615. The zero-order valence-electron chi connectivity index (χ0n) is 11.9. The number of aromatic nitrogens is 2. The Balaban J connectivity index is 2.10. The molecule has 1 N–H and O–H groups in total. The van der Waals surface area contributed by atoms with Gasteiger partial charge >= 0.3 is 5.97 Å². The highest BCUT2D eigenvalue weighted by atomic mass is 16.5. The predicted molar refractivity (Wildman–Crippen MR) is 75.1 cm³/mol. The van der Waals surface area contributed by atoms with E-state index in [4.69, 9.17) is 9.84 Å². The number of hydrogen-bond acceptors (Lipinski definition) is 3. The Morgan fingerprint density at radius 2 is 2.00 bits per heavy atom. The molecule has 0 fully saturated rings. The summed E-state index contributed by atoms with van der Waals surface area (Å²) >= 11 is 0. The molecule has 0 spiro atoms. The molecule has 0 aliphatic carbocycles. The van der Waals surface area contributed by atoms with Crippen molar-refractivity contribution in [3.05, 3.63) is 47.0 Å². The molecule has 20 heavy (non-hydrogen) atoms. The first-order valence-electron chi connectivity index (χ1n) is 6.50. The van der Waals surface area contributed by atoms with Crippen molar-refractivity contribution >= 4 is 5.97 Å². The van der Waals surface area contributed by atoms with E-state index in [1.807, 2.05) is 24.3 Å². The molecule has 1 heterocycles. The average Bonchev–Trinajstić information content (AvgIpc) is 2.74. The highest BCUT2D eigenvalue weighted by Crippen LogP contribution is 2.15. The molecule has 5 heteroatoms. The molecular formula is C15H18N2O3. The normalized spacial score (nSPS) is 10.6. The van der Waals surface area contributed by atoms with Gasteiger partial charge in [-0.05, 0) is 31.0 Å². The van der Waals surface area contributed by atoms with Crippen LogP contribution in [-0.4, -0.2) is 20.6 Å². The standard InChI is InChI=1S/C15H18N2O3/c1-4-11-5-7-12(8-6-11)20-9-13-16-14(15(18)19)10(2)17(13)3/h5-8H,4,9H2,1-3H3,(H,18,19). The summed E-state index contributed by atoms with van der Waals surface area (Å²) in [6, 6.07) is 7.85. The van der Waals surface area contributed by atoms with Gasteiger partial charge in [-0.3, -0.25) is 0 Å². The molecule has 0 aliphatic rings. The topological polar surface area (TPSA) is 64.3 Å². The quantitative estimate of drug-likeness (QED) is 0.910. The van der Waals surface area contributed by atoms with Crippen LogP contribution in [0.4, 0.5) is 0 Å². The molecule has 0 atom stereocenters. The lowest BCUT2D eigenvalue weighted by Crippen LogP contribution is -2.04. The Labute approximate surface area is 117 Å². The molecule has 0 saturated heterocycles. The van der Waals surface area contributed by atoms with Gasteiger partial charge in [0, 0.05) is 12.7 Å². The molecular weight excluding hydrogens is 256 g/mol. The van der Waals surface area contributed by atoms with Crippen molar-refractivity contribution in [3.8, 4) is 5.75 Å². The Hall–Kier alpha value is -2.30. The number of carboxylic acid groups (broad SMARTS) is 1. The Morgan fingerprint density at radius 3 is 2.50 bits per heavy atom. The summed E-state index contributed by atoms with van der Waals surface area (Å²) in [7, 11) is 1.79. The third kappa shape index (κ3) is 2.82. The maximum absolute atomic E-state index is 11.0. The van der Waals surface area contributed by atoms with Gasteiger partial charge in [-0.25, -0.2) is 9.78 Å². The van der Waals surface area contributed by atoms with Crippen LogP contribution in [0.2, 0.25) is 0 Å². The van der Waals surface area contributed by atoms with E-state index in [1.54, 1.807) is 18.5 Å². The summed E-state index contributed by atoms with van der Waals surface area (Å²) in [5.41, 5.74) is 1.95. The molecule has 0 amide bonds. The summed E-state index contributed by atoms with van der Waals surface area (Å²) < 4.78 is 7.38. The molecule has 1 aromatic carbocycles. The van der Waals surface area contributed by atoms with E-state index in [9.17, 15) is 4.79 Å². The van der Waals surface area contributed by atoms with Gasteiger partial charge in [-0.2, -0.15) is 0 Å². The number of carbonyl (C=O) groups is 1. The number of benzene rings is 1. The van der Waals surface area contributed by atoms with Crippen LogP contribution in [0.5, 0.6) is 5.75 Å². The van der Waals surface area contributed by atoms with Gasteiger partial charge in [-0.15, -0.1) is 0 Å². The fourth-order valence-corrected chi connectivity index (χ4v) is 1.94. The lowest BCUT2D eigenvalue weighted by molar-refractivity contribution is 0.0690. The average molecular weight is 274 g/mol. The van der Waals surface area contributed by atoms with Crippen LogP contribution >= 0.6 is 0 Å². The monoisotopic (exact) mass is 274 g/mol. The summed E-state index contributed by atoms with van der Waals surface area (Å²) in [4.78, 5) is 15.1. The molecule has 106 valence electrons. The van der Waals surface area contributed by atoms with Crippen LogP contribution in [-0.2, 0) is 20.1 Å². The third-order valence-corrected chi connectivity index (χ3v) is 3.38. The summed E-state index contributed by atoms with van der Waals surface area (Å²) in [6.45, 7) is 4.08. The van der Waals surface area contributed by atoms with Gasteiger partial charge in [0.25, 0.3) is 0 Å². The van der Waals surface area contributed by atoms with Gasteiger partial charge in [0.1, 0.15) is 18.2 Å². The van der Waals surface area contributed by atoms with Gasteiger partial charge < -0.3 is 14.4 Å². The van der Waals surface area contributed by atoms with Gasteiger partial charge in [0.15, 0.2) is 5.69 Å². The molecule has 0 saturated carbocycles. The molecule has 5 nitrogen and oxygen atoms in total. The molecule has 1 aromatic heterocycles. The van der Waals surface area contributed by atoms with Crippen molar-refractivity contribution in [1.82, 2.24) is 9.55 Å². The van der Waals surface area contributed by atoms with E-state index in [2.05, 4.69) is 11.9 Å². The highest BCUT2D eigenvalue weighted by Gasteiger charge is 2.16. The summed E-state index contributed by atoms with van der Waals surface area (Å²) in [5, 5.41) is 9.03. The first-order valence-corrected chi connectivity index (χ1v) is 6.50. The minimum atomic E-state index is -1.02. The van der Waals surface area contributed by atoms with Crippen LogP contribution in [0.15, 0.2) is 24.3 Å². The molecule has 0 radical (unpaired) electrons. The van der Waals surface area contributed by atoms with Crippen molar-refractivity contribution in [2.45, 2.75) is 26.9 Å². The van der Waals surface area contributed by atoms with E-state index in [0.29, 0.717) is 11.5 Å². The first-order chi connectivity index (χ1) is 9.52. The van der Waals surface area contributed by atoms with E-state index < -0.39 is 5.97 Å². The predicted octanol–water partition coefficient (Wildman–Crippen LogP) is 2.57. The molecule has 0 bridgehead atoms. The van der Waals surface area contributed by atoms with Crippen molar-refractivity contribution in [2.24, 2.45) is 7.05 Å². The lowest BCUT2D eigenvalue weighted by Gasteiger charge is -2.07. The number of imidazole rings is 1. The number of nitrogens with zero attached hydrogens (tertiary/aromatic N) is 2. The minimum Gasteiger partial charge on any atom is -0.486 e. The van der Waals surface area contributed by atoms with Crippen LogP contribution < -0.4 is 4.74 Å². The number of hydrogen-bond donors (Lipinski definition) is 1. The molecule has 2 aromatic rings. The first kappa shape index (κ1) is 14.1. The fourth-order valence-electron chi connectivity index (χ4n) is 1.94. The van der Waals surface area contributed by atoms with Crippen molar-refractivity contribution in [3.63, 3.8) is 0 Å². The molecule has 2 rings (SSSR count).